The summed E-state index contributed by atoms with van der Waals surface area (Å²) in [7, 11) is -3.90. The highest BCUT2D eigenvalue weighted by Crippen LogP contribution is 2.34. The van der Waals surface area contributed by atoms with Gasteiger partial charge in [0.15, 0.2) is 11.5 Å². The van der Waals surface area contributed by atoms with Gasteiger partial charge in [0.1, 0.15) is 19.0 Å². The number of benzene rings is 2. The molecule has 2 aromatic rings. The van der Waals surface area contributed by atoms with E-state index in [0.29, 0.717) is 24.7 Å². The van der Waals surface area contributed by atoms with Crippen LogP contribution in [0.3, 0.4) is 0 Å². The third-order valence-electron chi connectivity index (χ3n) is 3.51. The summed E-state index contributed by atoms with van der Waals surface area (Å²) < 4.78 is 51.6. The zero-order valence-electron chi connectivity index (χ0n) is 12.5. The topological polar surface area (TPSA) is 55.8 Å². The highest BCUT2D eigenvalue weighted by molar-refractivity contribution is 7.92. The first-order chi connectivity index (χ1) is 11.0. The van der Waals surface area contributed by atoms with Gasteiger partial charge in [0.2, 0.25) is 0 Å². The number of hydrogen-bond acceptors (Lipinski definition) is 4. The summed E-state index contributed by atoms with van der Waals surface area (Å²) in [5.74, 6) is 0.293. The Balaban J connectivity index is 2.04. The van der Waals surface area contributed by atoms with Gasteiger partial charge in [-0.15, -0.1) is 0 Å². The van der Waals surface area contributed by atoms with E-state index < -0.39 is 15.8 Å². The predicted molar refractivity (Wildman–Crippen MR) is 84.0 cm³/mol. The standard InChI is InChI=1S/C16H16FNO4S/c1-2-18(14-6-4-3-5-13(14)17)23(19,20)12-7-8-15-16(11-12)22-10-9-21-15/h3-8,11H,2,9-10H2,1H3. The first kappa shape index (κ1) is 15.6. The van der Waals surface area contributed by atoms with Crippen molar-refractivity contribution in [1.82, 2.24) is 0 Å². The molecule has 1 aliphatic heterocycles. The summed E-state index contributed by atoms with van der Waals surface area (Å²) in [6, 6.07) is 10.2. The molecule has 0 aromatic heterocycles. The minimum atomic E-state index is -3.90. The SMILES string of the molecule is CCN(c1ccccc1F)S(=O)(=O)c1ccc2c(c1)OCCO2. The van der Waals surface area contributed by atoms with E-state index in [1.807, 2.05) is 0 Å². The lowest BCUT2D eigenvalue weighted by Gasteiger charge is -2.24. The number of halogens is 1. The van der Waals surface area contributed by atoms with Gasteiger partial charge in [-0.1, -0.05) is 12.1 Å². The second-order valence-electron chi connectivity index (χ2n) is 4.93. The van der Waals surface area contributed by atoms with Gasteiger partial charge in [0, 0.05) is 12.6 Å². The van der Waals surface area contributed by atoms with Crippen LogP contribution in [0.1, 0.15) is 6.92 Å². The Morgan fingerprint density at radius 1 is 1.09 bits per heavy atom. The lowest BCUT2D eigenvalue weighted by Crippen LogP contribution is -2.31. The fourth-order valence-corrected chi connectivity index (χ4v) is 3.93. The molecular weight excluding hydrogens is 321 g/mol. The minimum Gasteiger partial charge on any atom is -0.486 e. The zero-order chi connectivity index (χ0) is 16.4. The van der Waals surface area contributed by atoms with Gasteiger partial charge in [0.05, 0.1) is 10.6 Å². The molecule has 122 valence electrons. The van der Waals surface area contributed by atoms with Crippen LogP contribution in [0.25, 0.3) is 0 Å². The highest BCUT2D eigenvalue weighted by atomic mass is 32.2. The summed E-state index contributed by atoms with van der Waals surface area (Å²) in [5.41, 5.74) is 0.0184. The predicted octanol–water partition coefficient (Wildman–Crippen LogP) is 2.81. The van der Waals surface area contributed by atoms with Crippen molar-refractivity contribution < 1.29 is 22.3 Å². The van der Waals surface area contributed by atoms with Gasteiger partial charge in [-0.05, 0) is 31.2 Å². The molecule has 2 aromatic carbocycles. The molecule has 0 aliphatic carbocycles. The molecule has 0 saturated heterocycles. The Kier molecular flexibility index (Phi) is 4.12. The first-order valence-electron chi connectivity index (χ1n) is 7.21. The molecule has 7 heteroatoms. The molecule has 0 N–H and O–H groups in total. The van der Waals surface area contributed by atoms with E-state index in [9.17, 15) is 12.8 Å². The molecule has 0 amide bonds. The minimum absolute atomic E-state index is 0.0184. The van der Waals surface area contributed by atoms with Gasteiger partial charge < -0.3 is 9.47 Å². The summed E-state index contributed by atoms with van der Waals surface area (Å²) in [5, 5.41) is 0. The van der Waals surface area contributed by atoms with Crippen LogP contribution < -0.4 is 13.8 Å². The molecule has 3 rings (SSSR count). The molecule has 0 fully saturated rings. The van der Waals surface area contributed by atoms with Gasteiger partial charge in [0.25, 0.3) is 10.0 Å². The van der Waals surface area contributed by atoms with Crippen molar-refractivity contribution in [2.75, 3.05) is 24.1 Å². The van der Waals surface area contributed by atoms with Crippen LogP contribution in [0.4, 0.5) is 10.1 Å². The van der Waals surface area contributed by atoms with Crippen LogP contribution in [0, 0.1) is 5.82 Å². The number of rotatable bonds is 4. The molecule has 1 heterocycles. The number of anilines is 1. The molecule has 0 bridgehead atoms. The summed E-state index contributed by atoms with van der Waals surface area (Å²) >= 11 is 0. The summed E-state index contributed by atoms with van der Waals surface area (Å²) in [6.45, 7) is 2.55. The molecule has 5 nitrogen and oxygen atoms in total. The summed E-state index contributed by atoms with van der Waals surface area (Å²) in [6.07, 6.45) is 0. The smallest absolute Gasteiger partial charge is 0.264 e. The largest absolute Gasteiger partial charge is 0.486 e. The van der Waals surface area contributed by atoms with Crippen LogP contribution in [0.5, 0.6) is 11.5 Å². The van der Waals surface area contributed by atoms with Crippen molar-refractivity contribution in [2.24, 2.45) is 0 Å². The van der Waals surface area contributed by atoms with Crippen LogP contribution >= 0.6 is 0 Å². The molecule has 0 radical (unpaired) electrons. The van der Waals surface area contributed by atoms with Crippen molar-refractivity contribution in [1.29, 1.82) is 0 Å². The maximum Gasteiger partial charge on any atom is 0.264 e. The van der Waals surface area contributed by atoms with E-state index in [1.54, 1.807) is 19.1 Å². The third kappa shape index (κ3) is 2.84. The number of hydrogen-bond donors (Lipinski definition) is 0. The quantitative estimate of drug-likeness (QED) is 0.861. The molecule has 1 aliphatic rings. The molecule has 0 saturated carbocycles. The maximum absolute atomic E-state index is 14.0. The number of nitrogens with zero attached hydrogens (tertiary/aromatic N) is 1. The summed E-state index contributed by atoms with van der Waals surface area (Å²) in [4.78, 5) is 0.0341. The number of sulfonamides is 1. The number of fused-ring (bicyclic) bond motifs is 1. The highest BCUT2D eigenvalue weighted by Gasteiger charge is 2.27. The zero-order valence-corrected chi connectivity index (χ0v) is 13.3. The Morgan fingerprint density at radius 3 is 2.48 bits per heavy atom. The molecule has 0 atom stereocenters. The monoisotopic (exact) mass is 337 g/mol. The van der Waals surface area contributed by atoms with Crippen molar-refractivity contribution in [3.63, 3.8) is 0 Å². The average molecular weight is 337 g/mol. The number of ether oxygens (including phenoxy) is 2. The van der Waals surface area contributed by atoms with Gasteiger partial charge in [-0.3, -0.25) is 4.31 Å². The van der Waals surface area contributed by atoms with Crippen LogP contribution in [0.15, 0.2) is 47.4 Å². The van der Waals surface area contributed by atoms with E-state index in [2.05, 4.69) is 0 Å². The Bertz CT molecular complexity index is 823. The molecule has 0 spiro atoms. The van der Waals surface area contributed by atoms with Crippen molar-refractivity contribution in [2.45, 2.75) is 11.8 Å². The van der Waals surface area contributed by atoms with Gasteiger partial charge in [-0.25, -0.2) is 12.8 Å². The fraction of sp³-hybridized carbons (Fsp3) is 0.250. The van der Waals surface area contributed by atoms with Crippen LogP contribution in [0.2, 0.25) is 0 Å². The second-order valence-corrected chi connectivity index (χ2v) is 6.79. The van der Waals surface area contributed by atoms with E-state index in [-0.39, 0.29) is 17.1 Å². The van der Waals surface area contributed by atoms with Crippen LogP contribution in [-0.4, -0.2) is 28.2 Å². The first-order valence-corrected chi connectivity index (χ1v) is 8.65. The molecule has 23 heavy (non-hydrogen) atoms. The van der Waals surface area contributed by atoms with Crippen LogP contribution in [-0.2, 0) is 10.0 Å². The Labute approximate surface area is 134 Å². The maximum atomic E-state index is 14.0. The van der Waals surface area contributed by atoms with Crippen molar-refractivity contribution >= 4 is 15.7 Å². The Morgan fingerprint density at radius 2 is 1.78 bits per heavy atom. The third-order valence-corrected chi connectivity index (χ3v) is 5.39. The second kappa shape index (κ2) is 6.08. The fourth-order valence-electron chi connectivity index (χ4n) is 2.44. The van der Waals surface area contributed by atoms with Crippen molar-refractivity contribution in [3.8, 4) is 11.5 Å². The van der Waals surface area contributed by atoms with E-state index in [0.717, 1.165) is 4.31 Å². The molecular formula is C16H16FNO4S. The lowest BCUT2D eigenvalue weighted by atomic mass is 10.3. The molecule has 0 unspecified atom stereocenters. The van der Waals surface area contributed by atoms with E-state index >= 15 is 0 Å². The van der Waals surface area contributed by atoms with E-state index in [4.69, 9.17) is 9.47 Å². The van der Waals surface area contributed by atoms with E-state index in [1.165, 1.54) is 30.3 Å². The normalized spacial score (nSPS) is 13.7. The van der Waals surface area contributed by atoms with Gasteiger partial charge >= 0.3 is 0 Å². The lowest BCUT2D eigenvalue weighted by molar-refractivity contribution is 0.171. The average Bonchev–Trinajstić information content (AvgIpc) is 2.56. The Hall–Kier alpha value is -2.28. The number of para-hydroxylation sites is 1. The van der Waals surface area contributed by atoms with Crippen molar-refractivity contribution in [3.05, 3.63) is 48.3 Å². The van der Waals surface area contributed by atoms with Gasteiger partial charge in [-0.2, -0.15) is 0 Å².